The van der Waals surface area contributed by atoms with E-state index < -0.39 is 0 Å². The van der Waals surface area contributed by atoms with Gasteiger partial charge < -0.3 is 10.1 Å². The topological polar surface area (TPSA) is 51.2 Å². The maximum atomic E-state index is 11.9. The van der Waals surface area contributed by atoms with E-state index in [0.717, 1.165) is 16.9 Å². The molecule has 0 radical (unpaired) electrons. The highest BCUT2D eigenvalue weighted by Crippen LogP contribution is 2.17. The van der Waals surface area contributed by atoms with E-state index in [1.54, 1.807) is 18.5 Å². The number of nitrogens with zero attached hydrogens (tertiary/aromatic N) is 1. The lowest BCUT2D eigenvalue weighted by molar-refractivity contribution is -0.117. The van der Waals surface area contributed by atoms with Gasteiger partial charge in [0, 0.05) is 18.5 Å². The highest BCUT2D eigenvalue weighted by molar-refractivity contribution is 5.91. The largest absolute Gasteiger partial charge is 0.494 e. The summed E-state index contributed by atoms with van der Waals surface area (Å²) < 4.78 is 5.41. The third kappa shape index (κ3) is 4.74. The highest BCUT2D eigenvalue weighted by Gasteiger charge is 2.07. The molecule has 22 heavy (non-hydrogen) atoms. The fraction of sp³-hybridized carbons (Fsp3) is 0.222. The molecule has 1 aromatic heterocycles. The van der Waals surface area contributed by atoms with E-state index in [1.165, 1.54) is 6.08 Å². The Morgan fingerprint density at radius 1 is 1.23 bits per heavy atom. The van der Waals surface area contributed by atoms with Crippen molar-refractivity contribution in [1.82, 2.24) is 10.3 Å². The summed E-state index contributed by atoms with van der Waals surface area (Å²) in [4.78, 5) is 15.9. The second-order valence-corrected chi connectivity index (χ2v) is 4.85. The molecule has 0 saturated carbocycles. The molecule has 0 aliphatic carbocycles. The van der Waals surface area contributed by atoms with Crippen molar-refractivity contribution >= 4 is 12.0 Å². The van der Waals surface area contributed by atoms with Gasteiger partial charge in [0.15, 0.2) is 0 Å². The Hall–Kier alpha value is -2.62. The summed E-state index contributed by atoms with van der Waals surface area (Å²) >= 11 is 0. The van der Waals surface area contributed by atoms with Gasteiger partial charge in [0.2, 0.25) is 5.91 Å². The second kappa shape index (κ2) is 7.98. The molecule has 0 aliphatic rings. The first-order chi connectivity index (χ1) is 10.7. The smallest absolute Gasteiger partial charge is 0.244 e. The number of pyridine rings is 1. The molecule has 2 rings (SSSR count). The van der Waals surface area contributed by atoms with Gasteiger partial charge in [-0.3, -0.25) is 9.78 Å². The Morgan fingerprint density at radius 3 is 2.55 bits per heavy atom. The third-order valence-electron chi connectivity index (χ3n) is 3.18. The molecule has 1 N–H and O–H groups in total. The van der Waals surface area contributed by atoms with Gasteiger partial charge >= 0.3 is 0 Å². The molecule has 0 spiro atoms. The molecule has 1 amide bonds. The molecule has 4 nitrogen and oxygen atoms in total. The first kappa shape index (κ1) is 15.8. The van der Waals surface area contributed by atoms with Crippen LogP contribution in [0.15, 0.2) is 54.9 Å². The molecular formula is C18H20N2O2. The number of carbonyl (C=O) groups excluding carboxylic acids is 1. The minimum atomic E-state index is -0.127. The van der Waals surface area contributed by atoms with Gasteiger partial charge in [-0.2, -0.15) is 0 Å². The number of hydrogen-bond donors (Lipinski definition) is 1. The number of ether oxygens (including phenoxy) is 1. The van der Waals surface area contributed by atoms with Crippen LogP contribution in [-0.4, -0.2) is 17.5 Å². The van der Waals surface area contributed by atoms with Crippen LogP contribution >= 0.6 is 0 Å². The van der Waals surface area contributed by atoms with Crippen LogP contribution in [0.2, 0.25) is 0 Å². The number of aromatic nitrogens is 1. The zero-order valence-corrected chi connectivity index (χ0v) is 12.8. The van der Waals surface area contributed by atoms with Gasteiger partial charge in [-0.05, 0) is 55.3 Å². The summed E-state index contributed by atoms with van der Waals surface area (Å²) in [6, 6.07) is 11.4. The fourth-order valence-electron chi connectivity index (χ4n) is 2.01. The molecule has 0 aliphatic heterocycles. The SMILES string of the molecule is CCOc1ccc(C(C)NC(=O)/C=C/c2ccncc2)cc1. The maximum absolute atomic E-state index is 11.9. The molecule has 0 fully saturated rings. The minimum Gasteiger partial charge on any atom is -0.494 e. The first-order valence-electron chi connectivity index (χ1n) is 7.30. The summed E-state index contributed by atoms with van der Waals surface area (Å²) in [5.74, 6) is 0.709. The molecule has 1 aromatic carbocycles. The summed E-state index contributed by atoms with van der Waals surface area (Å²) in [6.07, 6.45) is 6.68. The predicted molar refractivity (Wildman–Crippen MR) is 87.4 cm³/mol. The Labute approximate surface area is 130 Å². The molecular weight excluding hydrogens is 276 g/mol. The van der Waals surface area contributed by atoms with E-state index in [-0.39, 0.29) is 11.9 Å². The Balaban J connectivity index is 1.92. The van der Waals surface area contributed by atoms with Gasteiger partial charge in [-0.25, -0.2) is 0 Å². The van der Waals surface area contributed by atoms with Crippen LogP contribution in [0.3, 0.4) is 0 Å². The van der Waals surface area contributed by atoms with Crippen molar-refractivity contribution in [2.75, 3.05) is 6.61 Å². The van der Waals surface area contributed by atoms with Crippen LogP contribution in [0.1, 0.15) is 31.0 Å². The lowest BCUT2D eigenvalue weighted by atomic mass is 10.1. The van der Waals surface area contributed by atoms with E-state index in [1.807, 2.05) is 50.2 Å². The second-order valence-electron chi connectivity index (χ2n) is 4.85. The third-order valence-corrected chi connectivity index (χ3v) is 3.18. The normalized spacial score (nSPS) is 12.1. The van der Waals surface area contributed by atoms with Crippen LogP contribution in [0.4, 0.5) is 0 Å². The van der Waals surface area contributed by atoms with Crippen LogP contribution in [0.25, 0.3) is 6.08 Å². The van der Waals surface area contributed by atoms with Crippen molar-refractivity contribution in [3.8, 4) is 5.75 Å². The van der Waals surface area contributed by atoms with Crippen LogP contribution in [0.5, 0.6) is 5.75 Å². The molecule has 0 saturated heterocycles. The van der Waals surface area contributed by atoms with E-state index in [9.17, 15) is 4.79 Å². The molecule has 1 unspecified atom stereocenters. The Kier molecular flexibility index (Phi) is 5.72. The quantitative estimate of drug-likeness (QED) is 0.831. The first-order valence-corrected chi connectivity index (χ1v) is 7.30. The Morgan fingerprint density at radius 2 is 1.91 bits per heavy atom. The zero-order valence-electron chi connectivity index (χ0n) is 12.8. The number of nitrogens with one attached hydrogen (secondary N) is 1. The summed E-state index contributed by atoms with van der Waals surface area (Å²) in [5, 5.41) is 2.94. The van der Waals surface area contributed by atoms with Crippen molar-refractivity contribution < 1.29 is 9.53 Å². The average molecular weight is 296 g/mol. The number of hydrogen-bond acceptors (Lipinski definition) is 3. The van der Waals surface area contributed by atoms with Gasteiger partial charge in [-0.1, -0.05) is 12.1 Å². The predicted octanol–water partition coefficient (Wildman–Crippen LogP) is 3.37. The summed E-state index contributed by atoms with van der Waals surface area (Å²) in [7, 11) is 0. The zero-order chi connectivity index (χ0) is 15.8. The fourth-order valence-corrected chi connectivity index (χ4v) is 2.01. The van der Waals surface area contributed by atoms with Crippen molar-refractivity contribution in [1.29, 1.82) is 0 Å². The highest BCUT2D eigenvalue weighted by atomic mass is 16.5. The number of amides is 1. The number of benzene rings is 1. The van der Waals surface area contributed by atoms with Crippen molar-refractivity contribution in [2.45, 2.75) is 19.9 Å². The van der Waals surface area contributed by atoms with Crippen molar-refractivity contribution in [3.05, 3.63) is 66.0 Å². The van der Waals surface area contributed by atoms with Crippen molar-refractivity contribution in [2.24, 2.45) is 0 Å². The van der Waals surface area contributed by atoms with E-state index >= 15 is 0 Å². The average Bonchev–Trinajstić information content (AvgIpc) is 2.55. The van der Waals surface area contributed by atoms with E-state index in [4.69, 9.17) is 4.74 Å². The molecule has 1 atom stereocenters. The lowest BCUT2D eigenvalue weighted by Gasteiger charge is -2.13. The van der Waals surface area contributed by atoms with Crippen LogP contribution in [-0.2, 0) is 4.79 Å². The van der Waals surface area contributed by atoms with Gasteiger partial charge in [0.1, 0.15) is 5.75 Å². The molecule has 4 heteroatoms. The number of carbonyl (C=O) groups is 1. The summed E-state index contributed by atoms with van der Waals surface area (Å²) in [6.45, 7) is 4.55. The minimum absolute atomic E-state index is 0.0646. The van der Waals surface area contributed by atoms with E-state index in [2.05, 4.69) is 10.3 Å². The van der Waals surface area contributed by atoms with Crippen molar-refractivity contribution in [3.63, 3.8) is 0 Å². The van der Waals surface area contributed by atoms with Gasteiger partial charge in [0.25, 0.3) is 0 Å². The lowest BCUT2D eigenvalue weighted by Crippen LogP contribution is -2.24. The van der Waals surface area contributed by atoms with E-state index in [0.29, 0.717) is 6.61 Å². The molecule has 0 bridgehead atoms. The van der Waals surface area contributed by atoms with Crippen LogP contribution in [0, 0.1) is 0 Å². The molecule has 114 valence electrons. The molecule has 2 aromatic rings. The standard InChI is InChI=1S/C18H20N2O2/c1-3-22-17-7-5-16(6-8-17)14(2)20-18(21)9-4-15-10-12-19-13-11-15/h4-14H,3H2,1-2H3,(H,20,21)/b9-4+. The monoisotopic (exact) mass is 296 g/mol. The maximum Gasteiger partial charge on any atom is 0.244 e. The van der Waals surface area contributed by atoms with Gasteiger partial charge in [-0.15, -0.1) is 0 Å². The molecule has 1 heterocycles. The van der Waals surface area contributed by atoms with Crippen LogP contribution < -0.4 is 10.1 Å². The number of rotatable bonds is 6. The summed E-state index contributed by atoms with van der Waals surface area (Å²) in [5.41, 5.74) is 1.98. The Bertz CT molecular complexity index is 621. The van der Waals surface area contributed by atoms with Gasteiger partial charge in [0.05, 0.1) is 12.6 Å².